The van der Waals surface area contributed by atoms with Crippen LogP contribution in [0.5, 0.6) is 0 Å². The summed E-state index contributed by atoms with van der Waals surface area (Å²) in [5.74, 6) is -0.341. The predicted octanol–water partition coefficient (Wildman–Crippen LogP) is 1.34. The van der Waals surface area contributed by atoms with Crippen molar-refractivity contribution in [3.63, 3.8) is 0 Å². The minimum absolute atomic E-state index is 0.0744. The maximum Gasteiger partial charge on any atom is 0.325 e. The Balaban J connectivity index is 3.06. The van der Waals surface area contributed by atoms with Gasteiger partial charge in [-0.3, -0.25) is 4.79 Å². The van der Waals surface area contributed by atoms with E-state index in [0.29, 0.717) is 11.4 Å². The molecule has 5 nitrogen and oxygen atoms in total. The highest BCUT2D eigenvalue weighted by Gasteiger charge is 2.18. The zero-order valence-corrected chi connectivity index (χ0v) is 10.2. The number of carbonyl (C=O) groups is 1. The molecule has 1 aromatic heterocycles. The molecule has 0 aliphatic carbocycles. The third-order valence-corrected chi connectivity index (χ3v) is 2.35. The number of methoxy groups -OCH3 is 1. The van der Waals surface area contributed by atoms with Crippen molar-refractivity contribution >= 4 is 11.7 Å². The van der Waals surface area contributed by atoms with Crippen LogP contribution >= 0.6 is 0 Å². The molecule has 1 aromatic rings. The van der Waals surface area contributed by atoms with Gasteiger partial charge in [0.2, 0.25) is 0 Å². The van der Waals surface area contributed by atoms with Crippen LogP contribution in [0.4, 0.5) is 5.69 Å². The molecule has 0 N–H and O–H groups in total. The molecule has 0 fully saturated rings. The van der Waals surface area contributed by atoms with Crippen molar-refractivity contribution < 1.29 is 9.53 Å². The average Bonchev–Trinajstić information content (AvgIpc) is 2.35. The molecule has 0 saturated heterocycles. The average molecular weight is 233 g/mol. The van der Waals surface area contributed by atoms with Crippen molar-refractivity contribution in [3.8, 4) is 6.07 Å². The zero-order valence-electron chi connectivity index (χ0n) is 10.2. The summed E-state index contributed by atoms with van der Waals surface area (Å²) in [4.78, 5) is 17.1. The number of rotatable bonds is 4. The van der Waals surface area contributed by atoms with Crippen molar-refractivity contribution in [2.45, 2.75) is 19.9 Å². The van der Waals surface area contributed by atoms with Gasteiger partial charge >= 0.3 is 5.97 Å². The third kappa shape index (κ3) is 3.18. The highest BCUT2D eigenvalue weighted by molar-refractivity contribution is 5.76. The lowest BCUT2D eigenvalue weighted by molar-refractivity contribution is -0.139. The van der Waals surface area contributed by atoms with E-state index in [4.69, 9.17) is 5.26 Å². The van der Waals surface area contributed by atoms with Crippen LogP contribution in [-0.2, 0) is 9.53 Å². The highest BCUT2D eigenvalue weighted by Crippen LogP contribution is 2.19. The minimum Gasteiger partial charge on any atom is -0.468 e. The Morgan fingerprint density at radius 1 is 1.65 bits per heavy atom. The van der Waals surface area contributed by atoms with Crippen molar-refractivity contribution in [2.24, 2.45) is 0 Å². The Labute approximate surface area is 101 Å². The van der Waals surface area contributed by atoms with Crippen LogP contribution < -0.4 is 4.90 Å². The van der Waals surface area contributed by atoms with Gasteiger partial charge in [0.1, 0.15) is 12.6 Å². The van der Waals surface area contributed by atoms with Crippen LogP contribution in [0.1, 0.15) is 19.5 Å². The van der Waals surface area contributed by atoms with Crippen LogP contribution in [0.25, 0.3) is 0 Å². The van der Waals surface area contributed by atoms with Crippen molar-refractivity contribution in [2.75, 3.05) is 18.6 Å². The molecular weight excluding hydrogens is 218 g/mol. The zero-order chi connectivity index (χ0) is 12.8. The van der Waals surface area contributed by atoms with Gasteiger partial charge in [0.15, 0.2) is 5.69 Å². The Morgan fingerprint density at radius 3 is 2.88 bits per heavy atom. The predicted molar refractivity (Wildman–Crippen MR) is 63.5 cm³/mol. The molecule has 0 amide bonds. The van der Waals surface area contributed by atoms with Crippen molar-refractivity contribution in [1.29, 1.82) is 5.26 Å². The molecule has 0 saturated carbocycles. The molecule has 17 heavy (non-hydrogen) atoms. The Morgan fingerprint density at radius 2 is 2.35 bits per heavy atom. The normalized spacial score (nSPS) is 9.82. The molecule has 0 aliphatic rings. The topological polar surface area (TPSA) is 66.2 Å². The summed E-state index contributed by atoms with van der Waals surface area (Å²) < 4.78 is 4.64. The molecule has 0 bridgehead atoms. The summed E-state index contributed by atoms with van der Waals surface area (Å²) in [7, 11) is 1.34. The molecule has 0 spiro atoms. The number of esters is 1. The Hall–Kier alpha value is -2.09. The maximum absolute atomic E-state index is 11.3. The van der Waals surface area contributed by atoms with E-state index in [2.05, 4.69) is 9.72 Å². The summed E-state index contributed by atoms with van der Waals surface area (Å²) in [6, 6.07) is 5.60. The minimum atomic E-state index is -0.341. The van der Waals surface area contributed by atoms with Crippen LogP contribution in [0.15, 0.2) is 18.3 Å². The van der Waals surface area contributed by atoms with E-state index in [-0.39, 0.29) is 18.6 Å². The molecule has 90 valence electrons. The van der Waals surface area contributed by atoms with Gasteiger partial charge in [-0.2, -0.15) is 5.26 Å². The van der Waals surface area contributed by atoms with Gasteiger partial charge in [-0.15, -0.1) is 0 Å². The van der Waals surface area contributed by atoms with E-state index < -0.39 is 0 Å². The first kappa shape index (κ1) is 13.0. The second-order valence-corrected chi connectivity index (χ2v) is 3.78. The van der Waals surface area contributed by atoms with E-state index in [9.17, 15) is 4.79 Å². The number of hydrogen-bond acceptors (Lipinski definition) is 5. The molecule has 0 aliphatic heterocycles. The first-order valence-electron chi connectivity index (χ1n) is 5.28. The molecule has 0 aromatic carbocycles. The molecule has 1 rings (SSSR count). The fraction of sp³-hybridized carbons (Fsp3) is 0.417. The lowest BCUT2D eigenvalue weighted by Crippen LogP contribution is -2.36. The lowest BCUT2D eigenvalue weighted by atomic mass is 10.2. The number of ether oxygens (including phenoxy) is 1. The smallest absolute Gasteiger partial charge is 0.325 e. The monoisotopic (exact) mass is 233 g/mol. The van der Waals surface area contributed by atoms with Gasteiger partial charge in [0, 0.05) is 12.2 Å². The maximum atomic E-state index is 11.3. The number of anilines is 1. The molecule has 1 heterocycles. The van der Waals surface area contributed by atoms with Gasteiger partial charge in [-0.25, -0.2) is 4.98 Å². The van der Waals surface area contributed by atoms with Crippen molar-refractivity contribution in [1.82, 2.24) is 4.98 Å². The number of aromatic nitrogens is 1. The van der Waals surface area contributed by atoms with Crippen LogP contribution in [-0.4, -0.2) is 30.6 Å². The van der Waals surface area contributed by atoms with Crippen molar-refractivity contribution in [3.05, 3.63) is 24.0 Å². The van der Waals surface area contributed by atoms with Gasteiger partial charge < -0.3 is 9.64 Å². The van der Waals surface area contributed by atoms with E-state index in [1.165, 1.54) is 7.11 Å². The number of pyridine rings is 1. The lowest BCUT2D eigenvalue weighted by Gasteiger charge is -2.27. The first-order chi connectivity index (χ1) is 8.10. The molecule has 0 unspecified atom stereocenters. The first-order valence-corrected chi connectivity index (χ1v) is 5.28. The van der Waals surface area contributed by atoms with Gasteiger partial charge in [-0.05, 0) is 26.0 Å². The largest absolute Gasteiger partial charge is 0.468 e. The van der Waals surface area contributed by atoms with E-state index in [1.54, 1.807) is 23.2 Å². The highest BCUT2D eigenvalue weighted by atomic mass is 16.5. The standard InChI is InChI=1S/C12H15N3O2/c1-9(2)15(8-12(16)17-3)11-5-4-6-14-10(11)7-13/h4-6,9H,8H2,1-3H3. The summed E-state index contributed by atoms with van der Waals surface area (Å²) in [6.07, 6.45) is 1.55. The summed E-state index contributed by atoms with van der Waals surface area (Å²) in [5.41, 5.74) is 0.959. The van der Waals surface area contributed by atoms with Gasteiger partial charge in [0.25, 0.3) is 0 Å². The second kappa shape index (κ2) is 5.85. The number of carbonyl (C=O) groups excluding carboxylic acids is 1. The van der Waals surface area contributed by atoms with Crippen LogP contribution in [0.2, 0.25) is 0 Å². The van der Waals surface area contributed by atoms with Crippen LogP contribution in [0, 0.1) is 11.3 Å². The Bertz CT molecular complexity index is 438. The Kier molecular flexibility index (Phi) is 4.46. The quantitative estimate of drug-likeness (QED) is 0.734. The molecule has 5 heteroatoms. The summed E-state index contributed by atoms with van der Waals surface area (Å²) >= 11 is 0. The van der Waals surface area contributed by atoms with E-state index in [0.717, 1.165) is 0 Å². The summed E-state index contributed by atoms with van der Waals surface area (Å²) in [5, 5.41) is 8.99. The third-order valence-electron chi connectivity index (χ3n) is 2.35. The van der Waals surface area contributed by atoms with Gasteiger partial charge in [0.05, 0.1) is 12.8 Å². The van der Waals surface area contributed by atoms with E-state index >= 15 is 0 Å². The number of nitriles is 1. The van der Waals surface area contributed by atoms with Crippen LogP contribution in [0.3, 0.4) is 0 Å². The molecule has 0 radical (unpaired) electrons. The SMILES string of the molecule is COC(=O)CN(c1cccnc1C#N)C(C)C. The number of hydrogen-bond donors (Lipinski definition) is 0. The van der Waals surface area contributed by atoms with E-state index in [1.807, 2.05) is 19.9 Å². The molecule has 0 atom stereocenters. The fourth-order valence-corrected chi connectivity index (χ4v) is 1.46. The molecular formula is C12H15N3O2. The van der Waals surface area contributed by atoms with Gasteiger partial charge in [-0.1, -0.05) is 0 Å². The second-order valence-electron chi connectivity index (χ2n) is 3.78. The summed E-state index contributed by atoms with van der Waals surface area (Å²) in [6.45, 7) is 3.99. The number of nitrogens with zero attached hydrogens (tertiary/aromatic N) is 3. The fourth-order valence-electron chi connectivity index (χ4n) is 1.46.